The zero-order chi connectivity index (χ0) is 15.4. The lowest BCUT2D eigenvalue weighted by Gasteiger charge is -2.34. The standard InChI is InChI=1S/C19H21NO2/c21-19(12-10-17(20-22)11-13-19)18-9-5-4-8-16(18)14-15-6-2-1-3-7-15/h1-9,21-22H,10-14H2. The van der Waals surface area contributed by atoms with Crippen LogP contribution in [0.5, 0.6) is 0 Å². The molecule has 0 unspecified atom stereocenters. The van der Waals surface area contributed by atoms with Gasteiger partial charge in [-0.2, -0.15) is 0 Å². The summed E-state index contributed by atoms with van der Waals surface area (Å²) in [6, 6.07) is 18.4. The second-order valence-electron chi connectivity index (χ2n) is 6.02. The predicted octanol–water partition coefficient (Wildman–Crippen LogP) is 3.87. The van der Waals surface area contributed by atoms with Gasteiger partial charge in [0.15, 0.2) is 0 Å². The molecule has 0 aromatic heterocycles. The van der Waals surface area contributed by atoms with E-state index >= 15 is 0 Å². The highest BCUT2D eigenvalue weighted by molar-refractivity contribution is 5.84. The molecule has 114 valence electrons. The maximum atomic E-state index is 11.1. The van der Waals surface area contributed by atoms with Gasteiger partial charge in [0.25, 0.3) is 0 Å². The van der Waals surface area contributed by atoms with E-state index in [1.165, 1.54) is 11.1 Å². The van der Waals surface area contributed by atoms with Crippen LogP contribution in [0.4, 0.5) is 0 Å². The molecule has 2 aromatic rings. The van der Waals surface area contributed by atoms with Gasteiger partial charge >= 0.3 is 0 Å². The molecule has 0 radical (unpaired) electrons. The van der Waals surface area contributed by atoms with E-state index in [1.54, 1.807) is 0 Å². The minimum absolute atomic E-state index is 0.609. The average Bonchev–Trinajstić information content (AvgIpc) is 2.57. The Bertz CT molecular complexity index is 654. The molecule has 2 N–H and O–H groups in total. The monoisotopic (exact) mass is 295 g/mol. The smallest absolute Gasteiger partial charge is 0.0906 e. The van der Waals surface area contributed by atoms with Gasteiger partial charge in [0.2, 0.25) is 0 Å². The minimum Gasteiger partial charge on any atom is -0.411 e. The molecule has 3 nitrogen and oxygen atoms in total. The van der Waals surface area contributed by atoms with E-state index in [0.717, 1.165) is 17.7 Å². The molecule has 0 amide bonds. The highest BCUT2D eigenvalue weighted by Gasteiger charge is 2.35. The number of rotatable bonds is 3. The first-order valence-electron chi connectivity index (χ1n) is 7.76. The molecule has 3 rings (SSSR count). The molecule has 2 aromatic carbocycles. The van der Waals surface area contributed by atoms with Gasteiger partial charge in [-0.15, -0.1) is 0 Å². The third-order valence-electron chi connectivity index (χ3n) is 4.55. The number of hydrogen-bond donors (Lipinski definition) is 2. The molecule has 1 saturated carbocycles. The SMILES string of the molecule is ON=C1CCC(O)(c2ccccc2Cc2ccccc2)CC1. The fourth-order valence-electron chi connectivity index (χ4n) is 3.27. The third kappa shape index (κ3) is 3.04. The van der Waals surface area contributed by atoms with Crippen LogP contribution in [0.3, 0.4) is 0 Å². The van der Waals surface area contributed by atoms with E-state index in [9.17, 15) is 5.11 Å². The lowest BCUT2D eigenvalue weighted by molar-refractivity contribution is 0.0149. The fourth-order valence-corrected chi connectivity index (χ4v) is 3.27. The summed E-state index contributed by atoms with van der Waals surface area (Å²) in [6.07, 6.45) is 3.33. The normalized spacial score (nSPS) is 21.6. The van der Waals surface area contributed by atoms with Crippen molar-refractivity contribution in [2.75, 3.05) is 0 Å². The summed E-state index contributed by atoms with van der Waals surface area (Å²) in [5, 5.41) is 23.3. The molecule has 0 saturated heterocycles. The zero-order valence-corrected chi connectivity index (χ0v) is 12.6. The Hall–Kier alpha value is -2.13. The maximum absolute atomic E-state index is 11.1. The highest BCUT2D eigenvalue weighted by atomic mass is 16.4. The summed E-state index contributed by atoms with van der Waals surface area (Å²) in [7, 11) is 0. The Labute approximate surface area is 130 Å². The van der Waals surface area contributed by atoms with E-state index < -0.39 is 5.60 Å². The van der Waals surface area contributed by atoms with Crippen LogP contribution in [-0.4, -0.2) is 16.0 Å². The Balaban J connectivity index is 1.88. The number of nitrogens with zero attached hydrogens (tertiary/aromatic N) is 1. The lowest BCUT2D eigenvalue weighted by atomic mass is 9.76. The molecule has 1 aliphatic rings. The first-order valence-corrected chi connectivity index (χ1v) is 7.76. The summed E-state index contributed by atoms with van der Waals surface area (Å²) in [6.45, 7) is 0. The van der Waals surface area contributed by atoms with Crippen molar-refractivity contribution >= 4 is 5.71 Å². The van der Waals surface area contributed by atoms with Gasteiger partial charge in [0, 0.05) is 0 Å². The van der Waals surface area contributed by atoms with Gasteiger partial charge in [-0.05, 0) is 48.8 Å². The van der Waals surface area contributed by atoms with Crippen LogP contribution < -0.4 is 0 Å². The van der Waals surface area contributed by atoms with Gasteiger partial charge in [-0.1, -0.05) is 59.8 Å². The summed E-state index contributed by atoms with van der Waals surface area (Å²) in [5.41, 5.74) is 3.38. The molecular formula is C19H21NO2. The Morgan fingerprint density at radius 1 is 0.909 bits per heavy atom. The zero-order valence-electron chi connectivity index (χ0n) is 12.6. The molecule has 0 bridgehead atoms. The molecule has 1 fully saturated rings. The quantitative estimate of drug-likeness (QED) is 0.667. The van der Waals surface area contributed by atoms with Crippen LogP contribution in [0.1, 0.15) is 42.4 Å². The Kier molecular flexibility index (Phi) is 4.25. The van der Waals surface area contributed by atoms with Gasteiger partial charge < -0.3 is 10.3 Å². The van der Waals surface area contributed by atoms with Crippen LogP contribution in [-0.2, 0) is 12.0 Å². The van der Waals surface area contributed by atoms with E-state index in [4.69, 9.17) is 5.21 Å². The van der Waals surface area contributed by atoms with Crippen LogP contribution in [0.15, 0.2) is 59.8 Å². The lowest BCUT2D eigenvalue weighted by Crippen LogP contribution is -2.32. The Morgan fingerprint density at radius 3 is 2.23 bits per heavy atom. The number of benzene rings is 2. The largest absolute Gasteiger partial charge is 0.411 e. The topological polar surface area (TPSA) is 52.8 Å². The number of aliphatic hydroxyl groups is 1. The first-order chi connectivity index (χ1) is 10.7. The van der Waals surface area contributed by atoms with E-state index in [1.807, 2.05) is 36.4 Å². The van der Waals surface area contributed by atoms with Crippen LogP contribution >= 0.6 is 0 Å². The van der Waals surface area contributed by atoms with Crippen molar-refractivity contribution < 1.29 is 10.3 Å². The van der Waals surface area contributed by atoms with Crippen molar-refractivity contribution in [2.24, 2.45) is 5.16 Å². The molecule has 0 aliphatic heterocycles. The molecule has 1 aliphatic carbocycles. The number of oxime groups is 1. The first kappa shape index (κ1) is 14.8. The molecular weight excluding hydrogens is 274 g/mol. The predicted molar refractivity (Wildman–Crippen MR) is 87.3 cm³/mol. The van der Waals surface area contributed by atoms with Crippen molar-refractivity contribution in [1.82, 2.24) is 0 Å². The maximum Gasteiger partial charge on any atom is 0.0906 e. The molecule has 0 heterocycles. The van der Waals surface area contributed by atoms with E-state index in [0.29, 0.717) is 25.7 Å². The number of hydrogen-bond acceptors (Lipinski definition) is 3. The third-order valence-corrected chi connectivity index (χ3v) is 4.55. The van der Waals surface area contributed by atoms with Gasteiger partial charge in [-0.3, -0.25) is 0 Å². The Morgan fingerprint density at radius 2 is 1.55 bits per heavy atom. The average molecular weight is 295 g/mol. The van der Waals surface area contributed by atoms with Crippen LogP contribution in [0.25, 0.3) is 0 Å². The molecule has 0 atom stereocenters. The van der Waals surface area contributed by atoms with Crippen molar-refractivity contribution in [3.05, 3.63) is 71.3 Å². The van der Waals surface area contributed by atoms with E-state index in [-0.39, 0.29) is 0 Å². The summed E-state index contributed by atoms with van der Waals surface area (Å²) < 4.78 is 0. The summed E-state index contributed by atoms with van der Waals surface area (Å²) in [4.78, 5) is 0. The second-order valence-corrected chi connectivity index (χ2v) is 6.02. The van der Waals surface area contributed by atoms with Crippen LogP contribution in [0, 0.1) is 0 Å². The van der Waals surface area contributed by atoms with E-state index in [2.05, 4.69) is 23.4 Å². The van der Waals surface area contributed by atoms with Gasteiger partial charge in [0.05, 0.1) is 11.3 Å². The minimum atomic E-state index is -0.820. The van der Waals surface area contributed by atoms with Crippen molar-refractivity contribution in [1.29, 1.82) is 0 Å². The van der Waals surface area contributed by atoms with Crippen molar-refractivity contribution in [3.8, 4) is 0 Å². The fraction of sp³-hybridized carbons (Fsp3) is 0.316. The van der Waals surface area contributed by atoms with Crippen LogP contribution in [0.2, 0.25) is 0 Å². The molecule has 3 heteroatoms. The molecule has 0 spiro atoms. The summed E-state index contributed by atoms with van der Waals surface area (Å²) in [5.74, 6) is 0. The van der Waals surface area contributed by atoms with Crippen molar-refractivity contribution in [2.45, 2.75) is 37.7 Å². The van der Waals surface area contributed by atoms with Gasteiger partial charge in [-0.25, -0.2) is 0 Å². The molecule has 22 heavy (non-hydrogen) atoms. The second kappa shape index (κ2) is 6.32. The van der Waals surface area contributed by atoms with Gasteiger partial charge in [0.1, 0.15) is 0 Å². The summed E-state index contributed by atoms with van der Waals surface area (Å²) >= 11 is 0. The highest BCUT2D eigenvalue weighted by Crippen LogP contribution is 2.38. The van der Waals surface area contributed by atoms with Crippen molar-refractivity contribution in [3.63, 3.8) is 0 Å².